The van der Waals surface area contributed by atoms with Crippen molar-refractivity contribution in [3.63, 3.8) is 0 Å². The maximum atomic E-state index is 10.7. The normalized spacial score (nSPS) is 9.73. The van der Waals surface area contributed by atoms with Crippen molar-refractivity contribution in [3.05, 3.63) is 36.8 Å². The third kappa shape index (κ3) is 4.49. The van der Waals surface area contributed by atoms with E-state index in [4.69, 9.17) is 9.47 Å². The van der Waals surface area contributed by atoms with Crippen LogP contribution < -0.4 is 4.74 Å². The number of ether oxygens (including phenoxy) is 2. The van der Waals surface area contributed by atoms with Crippen LogP contribution in [-0.4, -0.2) is 19.2 Å². The lowest BCUT2D eigenvalue weighted by Crippen LogP contribution is -2.11. The van der Waals surface area contributed by atoms with Crippen molar-refractivity contribution in [2.24, 2.45) is 0 Å². The third-order valence-corrected chi connectivity index (χ3v) is 1.81. The molecule has 0 aliphatic carbocycles. The van der Waals surface area contributed by atoms with Crippen molar-refractivity contribution in [1.29, 1.82) is 0 Å². The van der Waals surface area contributed by atoms with Crippen LogP contribution in [0.2, 0.25) is 0 Å². The van der Waals surface area contributed by atoms with Gasteiger partial charge in [-0.05, 0) is 31.5 Å². The molecule has 1 aromatic rings. The molecule has 81 valence electrons. The number of hydrogen-bond acceptors (Lipinski definition) is 3. The molecule has 0 N–H and O–H groups in total. The van der Waals surface area contributed by atoms with Crippen LogP contribution in [0.15, 0.2) is 24.3 Å². The van der Waals surface area contributed by atoms with Gasteiger partial charge in [-0.2, -0.15) is 0 Å². The van der Waals surface area contributed by atoms with Crippen molar-refractivity contribution in [1.82, 2.24) is 0 Å². The molecule has 1 aromatic carbocycles. The third-order valence-electron chi connectivity index (χ3n) is 1.81. The van der Waals surface area contributed by atoms with E-state index in [2.05, 4.69) is 6.92 Å². The van der Waals surface area contributed by atoms with Crippen LogP contribution in [0.25, 0.3) is 0 Å². The summed E-state index contributed by atoms with van der Waals surface area (Å²) in [5, 5.41) is 0. The fourth-order valence-electron chi connectivity index (χ4n) is 1.09. The smallest absolute Gasteiger partial charge is 0.305 e. The Morgan fingerprint density at radius 2 is 2.20 bits per heavy atom. The molecule has 0 amide bonds. The highest BCUT2D eigenvalue weighted by molar-refractivity contribution is 5.69. The average molecular weight is 207 g/mol. The summed E-state index contributed by atoms with van der Waals surface area (Å²) in [4.78, 5) is 10.7. The summed E-state index contributed by atoms with van der Waals surface area (Å²) in [6.07, 6.45) is 0.157. The van der Waals surface area contributed by atoms with Gasteiger partial charge in [0.25, 0.3) is 0 Å². The van der Waals surface area contributed by atoms with E-state index in [1.807, 2.05) is 31.2 Å². The Labute approximate surface area is 90.0 Å². The van der Waals surface area contributed by atoms with Crippen LogP contribution in [0.5, 0.6) is 5.75 Å². The van der Waals surface area contributed by atoms with Crippen LogP contribution in [0.3, 0.4) is 0 Å². The molecule has 0 aliphatic heterocycles. The summed E-state index contributed by atoms with van der Waals surface area (Å²) in [6.45, 7) is 6.05. The van der Waals surface area contributed by atoms with Crippen LogP contribution in [0.1, 0.15) is 12.0 Å². The zero-order chi connectivity index (χ0) is 11.1. The second-order valence-electron chi connectivity index (χ2n) is 3.14. The molecule has 0 bridgehead atoms. The summed E-state index contributed by atoms with van der Waals surface area (Å²) in [6, 6.07) is 7.72. The van der Waals surface area contributed by atoms with Gasteiger partial charge in [-0.15, -0.1) is 0 Å². The lowest BCUT2D eigenvalue weighted by Gasteiger charge is -2.07. The Bertz CT molecular complexity index is 320. The zero-order valence-corrected chi connectivity index (χ0v) is 8.86. The van der Waals surface area contributed by atoms with Crippen molar-refractivity contribution >= 4 is 5.97 Å². The second kappa shape index (κ2) is 6.06. The van der Waals surface area contributed by atoms with Gasteiger partial charge in [0.15, 0.2) is 0 Å². The van der Waals surface area contributed by atoms with Crippen molar-refractivity contribution in [3.8, 4) is 5.75 Å². The van der Waals surface area contributed by atoms with E-state index < -0.39 is 0 Å². The standard InChI is InChI=1S/C12H15O3/c1-3-12(13)15-8-7-14-11-6-4-5-10(2)9-11/h4-6,9H,1,3,7-8H2,2H3. The molecule has 0 spiro atoms. The molecule has 3 heteroatoms. The second-order valence-corrected chi connectivity index (χ2v) is 3.14. The van der Waals surface area contributed by atoms with E-state index in [0.717, 1.165) is 11.3 Å². The van der Waals surface area contributed by atoms with Gasteiger partial charge in [0.2, 0.25) is 0 Å². The van der Waals surface area contributed by atoms with E-state index in [1.54, 1.807) is 0 Å². The van der Waals surface area contributed by atoms with Gasteiger partial charge in [-0.3, -0.25) is 4.79 Å². The predicted octanol–water partition coefficient (Wildman–Crippen LogP) is 2.14. The summed E-state index contributed by atoms with van der Waals surface area (Å²) < 4.78 is 10.2. The van der Waals surface area contributed by atoms with Crippen LogP contribution in [-0.2, 0) is 9.53 Å². The largest absolute Gasteiger partial charge is 0.490 e. The van der Waals surface area contributed by atoms with Gasteiger partial charge in [0.05, 0.1) is 0 Å². The number of hydrogen-bond donors (Lipinski definition) is 0. The highest BCUT2D eigenvalue weighted by atomic mass is 16.6. The van der Waals surface area contributed by atoms with Crippen LogP contribution in [0.4, 0.5) is 0 Å². The minimum atomic E-state index is -0.303. The Hall–Kier alpha value is -1.51. The predicted molar refractivity (Wildman–Crippen MR) is 57.6 cm³/mol. The van der Waals surface area contributed by atoms with E-state index in [-0.39, 0.29) is 19.0 Å². The van der Waals surface area contributed by atoms with Gasteiger partial charge >= 0.3 is 5.97 Å². The topological polar surface area (TPSA) is 35.5 Å². The van der Waals surface area contributed by atoms with E-state index in [1.165, 1.54) is 0 Å². The molecule has 0 atom stereocenters. The Balaban J connectivity index is 2.23. The molecule has 15 heavy (non-hydrogen) atoms. The van der Waals surface area contributed by atoms with E-state index in [0.29, 0.717) is 6.61 Å². The molecule has 3 nitrogen and oxygen atoms in total. The Kier molecular flexibility index (Phi) is 4.68. The number of aryl methyl sites for hydroxylation is 1. The first kappa shape index (κ1) is 11.6. The molecule has 0 heterocycles. The monoisotopic (exact) mass is 207 g/mol. The molecule has 0 aliphatic rings. The maximum absolute atomic E-state index is 10.7. The number of carbonyl (C=O) groups is 1. The molecule has 0 fully saturated rings. The van der Waals surface area contributed by atoms with Crippen molar-refractivity contribution in [2.45, 2.75) is 13.3 Å². The van der Waals surface area contributed by atoms with Crippen LogP contribution in [0, 0.1) is 13.8 Å². The van der Waals surface area contributed by atoms with Gasteiger partial charge in [0.1, 0.15) is 19.0 Å². The van der Waals surface area contributed by atoms with Gasteiger partial charge in [-0.1, -0.05) is 12.1 Å². The van der Waals surface area contributed by atoms with Gasteiger partial charge in [-0.25, -0.2) is 0 Å². The summed E-state index contributed by atoms with van der Waals surface area (Å²) in [5.41, 5.74) is 1.14. The number of benzene rings is 1. The lowest BCUT2D eigenvalue weighted by molar-refractivity contribution is -0.143. The van der Waals surface area contributed by atoms with E-state index in [9.17, 15) is 4.79 Å². The van der Waals surface area contributed by atoms with Crippen LogP contribution >= 0.6 is 0 Å². The highest BCUT2D eigenvalue weighted by Gasteiger charge is 1.98. The number of esters is 1. The zero-order valence-electron chi connectivity index (χ0n) is 8.86. The Morgan fingerprint density at radius 1 is 1.40 bits per heavy atom. The fraction of sp³-hybridized carbons (Fsp3) is 0.333. The summed E-state index contributed by atoms with van der Waals surface area (Å²) in [7, 11) is 0. The first-order chi connectivity index (χ1) is 7.22. The molecular weight excluding hydrogens is 192 g/mol. The first-order valence-electron chi connectivity index (χ1n) is 4.86. The molecule has 0 unspecified atom stereocenters. The van der Waals surface area contributed by atoms with Gasteiger partial charge in [0, 0.05) is 6.42 Å². The number of carbonyl (C=O) groups excluding carboxylic acids is 1. The quantitative estimate of drug-likeness (QED) is 0.548. The van der Waals surface area contributed by atoms with Crippen molar-refractivity contribution in [2.75, 3.05) is 13.2 Å². The fourth-order valence-corrected chi connectivity index (χ4v) is 1.09. The van der Waals surface area contributed by atoms with Gasteiger partial charge < -0.3 is 9.47 Å². The lowest BCUT2D eigenvalue weighted by atomic mass is 10.2. The highest BCUT2D eigenvalue weighted by Crippen LogP contribution is 2.11. The summed E-state index contributed by atoms with van der Waals surface area (Å²) >= 11 is 0. The minimum absolute atomic E-state index is 0.157. The van der Waals surface area contributed by atoms with Crippen molar-refractivity contribution < 1.29 is 14.3 Å². The molecule has 1 radical (unpaired) electrons. The van der Waals surface area contributed by atoms with E-state index >= 15 is 0 Å². The molecule has 1 rings (SSSR count). The average Bonchev–Trinajstić information content (AvgIpc) is 2.24. The SMILES string of the molecule is [CH2]CC(=O)OCCOc1cccc(C)c1. The maximum Gasteiger partial charge on any atom is 0.305 e. The molecule has 0 saturated heterocycles. The number of rotatable bonds is 5. The molecule has 0 saturated carbocycles. The first-order valence-corrected chi connectivity index (χ1v) is 4.86. The molecule has 0 aromatic heterocycles. The molecular formula is C12H15O3. The Morgan fingerprint density at radius 3 is 2.87 bits per heavy atom. The minimum Gasteiger partial charge on any atom is -0.490 e. The summed E-state index contributed by atoms with van der Waals surface area (Å²) in [5.74, 6) is 0.489.